The Bertz CT molecular complexity index is 220. The second-order valence-corrected chi connectivity index (χ2v) is 9.97. The van der Waals surface area contributed by atoms with E-state index in [0.717, 1.165) is 5.88 Å². The molecule has 0 heterocycles. The summed E-state index contributed by atoms with van der Waals surface area (Å²) in [5.74, 6) is 0.846. The van der Waals surface area contributed by atoms with Gasteiger partial charge >= 0.3 is 0 Å². The molecule has 0 aliphatic rings. The quantitative estimate of drug-likeness (QED) is 0.0685. The molecule has 0 unspecified atom stereocenters. The summed E-state index contributed by atoms with van der Waals surface area (Å²) < 4.78 is 1.34. The highest BCUT2D eigenvalue weighted by atomic mass is 127. The van der Waals surface area contributed by atoms with Gasteiger partial charge in [-0.2, -0.15) is 0 Å². The van der Waals surface area contributed by atoms with Crippen LogP contribution in [0.4, 0.5) is 0 Å². The fourth-order valence-electron chi connectivity index (χ4n) is 3.90. The summed E-state index contributed by atoms with van der Waals surface area (Å²) in [6.07, 6.45) is 33.4. The SMILES string of the molecule is ClCCCCCCCCCCCCCCCCCCCCCCCCCI. The van der Waals surface area contributed by atoms with E-state index >= 15 is 0 Å². The molecule has 0 spiro atoms. The van der Waals surface area contributed by atoms with Crippen LogP contribution in [0.15, 0.2) is 0 Å². The smallest absolute Gasteiger partial charge is 0.0223 e. The Morgan fingerprint density at radius 1 is 0.296 bits per heavy atom. The Balaban J connectivity index is 2.95. The zero-order valence-electron chi connectivity index (χ0n) is 18.4. The highest BCUT2D eigenvalue weighted by Crippen LogP contribution is 2.15. The van der Waals surface area contributed by atoms with E-state index in [1.807, 2.05) is 0 Å². The van der Waals surface area contributed by atoms with Crippen LogP contribution < -0.4 is 0 Å². The minimum Gasteiger partial charge on any atom is -0.127 e. The minimum absolute atomic E-state index is 0.846. The molecule has 0 saturated carbocycles. The van der Waals surface area contributed by atoms with E-state index in [2.05, 4.69) is 22.6 Å². The maximum atomic E-state index is 5.70. The molecular formula is C25H50ClI. The minimum atomic E-state index is 0.846. The van der Waals surface area contributed by atoms with Gasteiger partial charge in [0.2, 0.25) is 0 Å². The molecule has 0 N–H and O–H groups in total. The van der Waals surface area contributed by atoms with Crippen molar-refractivity contribution in [1.29, 1.82) is 0 Å². The van der Waals surface area contributed by atoms with Gasteiger partial charge in [0.05, 0.1) is 0 Å². The fourth-order valence-corrected chi connectivity index (χ4v) is 4.63. The van der Waals surface area contributed by atoms with E-state index in [9.17, 15) is 0 Å². The molecule has 0 aliphatic heterocycles. The van der Waals surface area contributed by atoms with Crippen LogP contribution >= 0.6 is 34.2 Å². The molecule has 2 heteroatoms. The molecule has 0 atom stereocenters. The first-order chi connectivity index (χ1) is 13.4. The first-order valence-electron chi connectivity index (χ1n) is 12.5. The number of halogens is 2. The van der Waals surface area contributed by atoms with E-state index in [-0.39, 0.29) is 0 Å². The molecule has 0 aromatic rings. The van der Waals surface area contributed by atoms with Crippen LogP contribution in [0.2, 0.25) is 0 Å². The highest BCUT2D eigenvalue weighted by Gasteiger charge is 1.96. The average Bonchev–Trinajstić information content (AvgIpc) is 2.68. The summed E-state index contributed by atoms with van der Waals surface area (Å²) in [6.45, 7) is 0. The second-order valence-electron chi connectivity index (χ2n) is 8.51. The molecule has 0 rings (SSSR count). The zero-order valence-corrected chi connectivity index (χ0v) is 21.3. The van der Waals surface area contributed by atoms with Crippen molar-refractivity contribution in [2.75, 3.05) is 10.3 Å². The van der Waals surface area contributed by atoms with Gasteiger partial charge in [0.25, 0.3) is 0 Å². The normalized spacial score (nSPS) is 11.3. The third-order valence-corrected chi connectivity index (χ3v) is 6.80. The molecule has 0 saturated heterocycles. The number of hydrogen-bond donors (Lipinski definition) is 0. The fraction of sp³-hybridized carbons (Fsp3) is 1.00. The predicted octanol–water partition coefficient (Wildman–Crippen LogP) is 10.6. The van der Waals surface area contributed by atoms with Gasteiger partial charge < -0.3 is 0 Å². The maximum absolute atomic E-state index is 5.70. The summed E-state index contributed by atoms with van der Waals surface area (Å²) in [5.41, 5.74) is 0. The van der Waals surface area contributed by atoms with Gasteiger partial charge in [0.15, 0.2) is 0 Å². The van der Waals surface area contributed by atoms with Gasteiger partial charge in [0.1, 0.15) is 0 Å². The van der Waals surface area contributed by atoms with Crippen LogP contribution in [0.5, 0.6) is 0 Å². The van der Waals surface area contributed by atoms with Crippen molar-refractivity contribution in [2.45, 2.75) is 148 Å². The van der Waals surface area contributed by atoms with Crippen molar-refractivity contribution in [2.24, 2.45) is 0 Å². The molecule has 0 amide bonds. The summed E-state index contributed by atoms with van der Waals surface area (Å²) >= 11 is 8.19. The molecule has 0 aromatic carbocycles. The van der Waals surface area contributed by atoms with E-state index in [0.29, 0.717) is 0 Å². The van der Waals surface area contributed by atoms with E-state index in [1.165, 1.54) is 152 Å². The molecule has 0 aliphatic carbocycles. The van der Waals surface area contributed by atoms with E-state index in [4.69, 9.17) is 11.6 Å². The molecule has 27 heavy (non-hydrogen) atoms. The van der Waals surface area contributed by atoms with Crippen molar-refractivity contribution in [3.63, 3.8) is 0 Å². The van der Waals surface area contributed by atoms with Crippen LogP contribution in [0.3, 0.4) is 0 Å². The van der Waals surface area contributed by atoms with Crippen molar-refractivity contribution < 1.29 is 0 Å². The Hall–Kier alpha value is 1.02. The Morgan fingerprint density at radius 3 is 0.667 bits per heavy atom. The Morgan fingerprint density at radius 2 is 0.481 bits per heavy atom. The van der Waals surface area contributed by atoms with Crippen LogP contribution in [0, 0.1) is 0 Å². The Kier molecular flexibility index (Phi) is 28.0. The predicted molar refractivity (Wildman–Crippen MR) is 136 cm³/mol. The molecule has 164 valence electrons. The highest BCUT2D eigenvalue weighted by molar-refractivity contribution is 14.1. The molecule has 0 nitrogen and oxygen atoms in total. The van der Waals surface area contributed by atoms with Gasteiger partial charge in [-0.3, -0.25) is 0 Å². The third-order valence-electron chi connectivity index (χ3n) is 5.77. The lowest BCUT2D eigenvalue weighted by atomic mass is 10.0. The Labute approximate surface area is 191 Å². The maximum Gasteiger partial charge on any atom is 0.0223 e. The van der Waals surface area contributed by atoms with E-state index in [1.54, 1.807) is 0 Å². The first-order valence-corrected chi connectivity index (χ1v) is 14.6. The van der Waals surface area contributed by atoms with Gasteiger partial charge in [-0.1, -0.05) is 157 Å². The van der Waals surface area contributed by atoms with Crippen LogP contribution in [0.1, 0.15) is 148 Å². The van der Waals surface area contributed by atoms with E-state index < -0.39 is 0 Å². The standard InChI is InChI=1S/C25H50ClI/c26-24-22-20-18-16-14-12-10-8-6-4-2-1-3-5-7-9-11-13-15-17-19-21-23-25-27/h1-25H2. The topological polar surface area (TPSA) is 0 Å². The summed E-state index contributed by atoms with van der Waals surface area (Å²) in [4.78, 5) is 0. The second kappa shape index (κ2) is 27.0. The van der Waals surface area contributed by atoms with Crippen molar-refractivity contribution in [1.82, 2.24) is 0 Å². The van der Waals surface area contributed by atoms with Gasteiger partial charge in [-0.05, 0) is 17.3 Å². The molecule has 0 aromatic heterocycles. The monoisotopic (exact) mass is 512 g/mol. The molecular weight excluding hydrogens is 463 g/mol. The number of unbranched alkanes of at least 4 members (excludes halogenated alkanes) is 22. The molecule has 0 bridgehead atoms. The zero-order chi connectivity index (χ0) is 19.7. The first kappa shape index (κ1) is 28.0. The van der Waals surface area contributed by atoms with Crippen molar-refractivity contribution in [3.05, 3.63) is 0 Å². The summed E-state index contributed by atoms with van der Waals surface area (Å²) in [5, 5.41) is 0. The molecule has 0 radical (unpaired) electrons. The average molecular weight is 513 g/mol. The largest absolute Gasteiger partial charge is 0.127 e. The lowest BCUT2D eigenvalue weighted by Gasteiger charge is -2.04. The number of hydrogen-bond acceptors (Lipinski definition) is 0. The van der Waals surface area contributed by atoms with Gasteiger partial charge in [-0.15, -0.1) is 11.6 Å². The summed E-state index contributed by atoms with van der Waals surface area (Å²) in [6, 6.07) is 0. The lowest BCUT2D eigenvalue weighted by Crippen LogP contribution is -1.84. The summed E-state index contributed by atoms with van der Waals surface area (Å²) in [7, 11) is 0. The van der Waals surface area contributed by atoms with Crippen LogP contribution in [-0.4, -0.2) is 10.3 Å². The van der Waals surface area contributed by atoms with Crippen molar-refractivity contribution in [3.8, 4) is 0 Å². The number of alkyl halides is 2. The van der Waals surface area contributed by atoms with Crippen molar-refractivity contribution >= 4 is 34.2 Å². The number of rotatable bonds is 24. The van der Waals surface area contributed by atoms with Crippen LogP contribution in [-0.2, 0) is 0 Å². The third kappa shape index (κ3) is 27.0. The van der Waals surface area contributed by atoms with Crippen LogP contribution in [0.25, 0.3) is 0 Å². The lowest BCUT2D eigenvalue weighted by molar-refractivity contribution is 0.519. The molecule has 0 fully saturated rings. The van der Waals surface area contributed by atoms with Gasteiger partial charge in [-0.25, -0.2) is 0 Å². The van der Waals surface area contributed by atoms with Gasteiger partial charge in [0, 0.05) is 5.88 Å².